The van der Waals surface area contributed by atoms with E-state index in [-0.39, 0.29) is 11.3 Å². The molecule has 4 nitrogen and oxygen atoms in total. The molecule has 0 bridgehead atoms. The zero-order valence-corrected chi connectivity index (χ0v) is 13.2. The molecule has 0 aromatic heterocycles. The van der Waals surface area contributed by atoms with Crippen LogP contribution in [0.15, 0.2) is 0 Å². The highest BCUT2D eigenvalue weighted by molar-refractivity contribution is 5.78. The van der Waals surface area contributed by atoms with Crippen molar-refractivity contribution in [2.24, 2.45) is 5.41 Å². The normalized spacial score (nSPS) is 11.4. The summed E-state index contributed by atoms with van der Waals surface area (Å²) in [5.74, 6) is 0.199. The Morgan fingerprint density at radius 1 is 1.21 bits per heavy atom. The van der Waals surface area contributed by atoms with Gasteiger partial charge in [0, 0.05) is 13.1 Å². The molecule has 0 fully saturated rings. The minimum absolute atomic E-state index is 0.199. The molecule has 0 unspecified atom stereocenters. The van der Waals surface area contributed by atoms with Gasteiger partial charge in [0.05, 0.1) is 18.0 Å². The monoisotopic (exact) mass is 267 g/mol. The van der Waals surface area contributed by atoms with E-state index >= 15 is 0 Å². The Balaban J connectivity index is 3.85. The third-order valence-electron chi connectivity index (χ3n) is 3.42. The van der Waals surface area contributed by atoms with Gasteiger partial charge in [0.1, 0.15) is 0 Å². The van der Waals surface area contributed by atoms with Gasteiger partial charge >= 0.3 is 0 Å². The lowest BCUT2D eigenvalue weighted by Gasteiger charge is -2.23. The first kappa shape index (κ1) is 17.9. The molecule has 0 heterocycles. The van der Waals surface area contributed by atoms with Crippen LogP contribution >= 0.6 is 0 Å². The summed E-state index contributed by atoms with van der Waals surface area (Å²) in [5.41, 5.74) is -0.227. The zero-order valence-electron chi connectivity index (χ0n) is 13.2. The molecule has 110 valence electrons. The molecule has 0 spiro atoms. The summed E-state index contributed by atoms with van der Waals surface area (Å²) < 4.78 is 0. The lowest BCUT2D eigenvalue weighted by Crippen LogP contribution is -2.39. The highest BCUT2D eigenvalue weighted by atomic mass is 16.2. The van der Waals surface area contributed by atoms with E-state index < -0.39 is 0 Å². The number of carbonyl (C=O) groups is 1. The number of hydrogen-bond donors (Lipinski definition) is 0. The van der Waals surface area contributed by atoms with E-state index in [1.54, 1.807) is 0 Å². The van der Waals surface area contributed by atoms with Gasteiger partial charge in [-0.15, -0.1) is 0 Å². The van der Waals surface area contributed by atoms with Crippen LogP contribution in [-0.2, 0) is 4.79 Å². The van der Waals surface area contributed by atoms with Crippen LogP contribution in [0.2, 0.25) is 0 Å². The second kappa shape index (κ2) is 8.92. The topological polar surface area (TPSA) is 47.3 Å². The Labute approximate surface area is 118 Å². The Morgan fingerprint density at radius 3 is 2.26 bits per heavy atom. The maximum atomic E-state index is 11.9. The number of nitrogens with zero attached hydrogens (tertiary/aromatic N) is 3. The predicted molar refractivity (Wildman–Crippen MR) is 78.7 cm³/mol. The second-order valence-electron chi connectivity index (χ2n) is 5.76. The first-order valence-corrected chi connectivity index (χ1v) is 7.23. The van der Waals surface area contributed by atoms with E-state index in [2.05, 4.69) is 11.0 Å². The van der Waals surface area contributed by atoms with E-state index in [4.69, 9.17) is 5.26 Å². The molecule has 0 aliphatic carbocycles. The maximum absolute atomic E-state index is 11.9. The summed E-state index contributed by atoms with van der Waals surface area (Å²) in [6.45, 7) is 10.9. The molecular formula is C15H29N3O. The largest absolute Gasteiger partial charge is 0.342 e. The maximum Gasteiger partial charge on any atom is 0.236 e. The molecule has 0 atom stereocenters. The number of hydrogen-bond acceptors (Lipinski definition) is 3. The van der Waals surface area contributed by atoms with Crippen LogP contribution in [0, 0.1) is 16.7 Å². The third kappa shape index (κ3) is 7.84. The molecule has 0 aliphatic rings. The summed E-state index contributed by atoms with van der Waals surface area (Å²) >= 11 is 0. The molecule has 0 aliphatic heterocycles. The van der Waals surface area contributed by atoms with Crippen LogP contribution < -0.4 is 0 Å². The van der Waals surface area contributed by atoms with E-state index in [1.165, 1.54) is 0 Å². The highest BCUT2D eigenvalue weighted by Gasteiger charge is 2.16. The summed E-state index contributed by atoms with van der Waals surface area (Å²) in [7, 11) is 1.98. The minimum atomic E-state index is -0.227. The average molecular weight is 267 g/mol. The minimum Gasteiger partial charge on any atom is -0.342 e. The first-order valence-electron chi connectivity index (χ1n) is 7.23. The summed E-state index contributed by atoms with van der Waals surface area (Å²) in [5, 5.41) is 8.93. The molecule has 0 radical (unpaired) electrons. The molecule has 0 rings (SSSR count). The number of carbonyl (C=O) groups excluding carboxylic acids is 1. The molecule has 0 saturated heterocycles. The van der Waals surface area contributed by atoms with E-state index in [0.717, 1.165) is 38.9 Å². The van der Waals surface area contributed by atoms with Gasteiger partial charge in [-0.1, -0.05) is 6.42 Å². The van der Waals surface area contributed by atoms with E-state index in [0.29, 0.717) is 6.54 Å². The van der Waals surface area contributed by atoms with Crippen LogP contribution in [-0.4, -0.2) is 48.9 Å². The van der Waals surface area contributed by atoms with Crippen LogP contribution in [0.3, 0.4) is 0 Å². The van der Waals surface area contributed by atoms with Crippen molar-refractivity contribution in [1.82, 2.24) is 9.80 Å². The number of rotatable bonds is 9. The fraction of sp³-hybridized carbons (Fsp3) is 0.867. The summed E-state index contributed by atoms with van der Waals surface area (Å²) in [4.78, 5) is 15.8. The number of unbranched alkanes of at least 4 members (excludes halogenated alkanes) is 1. The third-order valence-corrected chi connectivity index (χ3v) is 3.42. The van der Waals surface area contributed by atoms with Crippen molar-refractivity contribution in [1.29, 1.82) is 5.26 Å². The Kier molecular flexibility index (Phi) is 8.42. The number of likely N-dealkylation sites (N-methyl/N-ethyl adjacent to an activating group) is 2. The standard InChI is InChI=1S/C15H29N3O/c1-6-18(7-2)14(19)12-17(5)11-9-8-10-15(3,4)13-16/h6-12H2,1-5H3. The van der Waals surface area contributed by atoms with Crippen molar-refractivity contribution in [2.75, 3.05) is 33.2 Å². The zero-order chi connectivity index (χ0) is 14.9. The highest BCUT2D eigenvalue weighted by Crippen LogP contribution is 2.21. The molecule has 0 aromatic carbocycles. The lowest BCUT2D eigenvalue weighted by molar-refractivity contribution is -0.131. The van der Waals surface area contributed by atoms with Crippen molar-refractivity contribution >= 4 is 5.91 Å². The Hall–Kier alpha value is -1.08. The van der Waals surface area contributed by atoms with E-state index in [1.807, 2.05) is 39.6 Å². The van der Waals surface area contributed by atoms with Crippen molar-refractivity contribution < 1.29 is 4.79 Å². The van der Waals surface area contributed by atoms with Gasteiger partial charge in [-0.05, 0) is 54.1 Å². The SMILES string of the molecule is CCN(CC)C(=O)CN(C)CCCCC(C)(C)C#N. The number of amides is 1. The predicted octanol–water partition coefficient (Wildman–Crippen LogP) is 2.51. The fourth-order valence-corrected chi connectivity index (χ4v) is 1.99. The van der Waals surface area contributed by atoms with Gasteiger partial charge in [0.15, 0.2) is 0 Å². The number of nitriles is 1. The van der Waals surface area contributed by atoms with Crippen molar-refractivity contribution in [3.8, 4) is 6.07 Å². The van der Waals surface area contributed by atoms with Gasteiger partial charge in [-0.2, -0.15) is 5.26 Å². The molecule has 1 amide bonds. The molecular weight excluding hydrogens is 238 g/mol. The van der Waals surface area contributed by atoms with Crippen LogP contribution in [0.5, 0.6) is 0 Å². The van der Waals surface area contributed by atoms with Crippen molar-refractivity contribution in [3.63, 3.8) is 0 Å². The van der Waals surface area contributed by atoms with Gasteiger partial charge < -0.3 is 4.90 Å². The Morgan fingerprint density at radius 2 is 1.79 bits per heavy atom. The van der Waals surface area contributed by atoms with Crippen LogP contribution in [0.25, 0.3) is 0 Å². The summed E-state index contributed by atoms with van der Waals surface area (Å²) in [6, 6.07) is 2.32. The Bertz CT molecular complexity index is 303. The molecule has 4 heteroatoms. The molecule has 19 heavy (non-hydrogen) atoms. The smallest absolute Gasteiger partial charge is 0.236 e. The summed E-state index contributed by atoms with van der Waals surface area (Å²) in [6.07, 6.45) is 2.98. The lowest BCUT2D eigenvalue weighted by atomic mass is 9.89. The van der Waals surface area contributed by atoms with Crippen LogP contribution in [0.1, 0.15) is 47.0 Å². The second-order valence-corrected chi connectivity index (χ2v) is 5.76. The quantitative estimate of drug-likeness (QED) is 0.603. The van der Waals surface area contributed by atoms with Crippen molar-refractivity contribution in [2.45, 2.75) is 47.0 Å². The van der Waals surface area contributed by atoms with E-state index in [9.17, 15) is 4.79 Å². The van der Waals surface area contributed by atoms with Crippen molar-refractivity contribution in [3.05, 3.63) is 0 Å². The van der Waals surface area contributed by atoms with Gasteiger partial charge in [-0.25, -0.2) is 0 Å². The molecule has 0 aromatic rings. The first-order chi connectivity index (χ1) is 8.86. The molecule has 0 saturated carbocycles. The van der Waals surface area contributed by atoms with Crippen LogP contribution in [0.4, 0.5) is 0 Å². The fourth-order valence-electron chi connectivity index (χ4n) is 1.99. The van der Waals surface area contributed by atoms with Gasteiger partial charge in [0.25, 0.3) is 0 Å². The van der Waals surface area contributed by atoms with Gasteiger partial charge in [0.2, 0.25) is 5.91 Å². The molecule has 0 N–H and O–H groups in total. The average Bonchev–Trinajstić information content (AvgIpc) is 2.36. The van der Waals surface area contributed by atoms with Gasteiger partial charge in [-0.3, -0.25) is 9.69 Å².